The third-order valence-electron chi connectivity index (χ3n) is 6.08. The number of hydrogen-bond donors (Lipinski definition) is 2. The molecule has 34 heavy (non-hydrogen) atoms. The van der Waals surface area contributed by atoms with Crippen LogP contribution < -0.4 is 15.5 Å². The largest absolute Gasteiger partial charge is 0.369 e. The summed E-state index contributed by atoms with van der Waals surface area (Å²) in [5.74, 6) is -1.70. The number of benzene rings is 2. The molecule has 2 aliphatic rings. The third-order valence-corrected chi connectivity index (χ3v) is 6.08. The molecule has 2 aliphatic heterocycles. The summed E-state index contributed by atoms with van der Waals surface area (Å²) >= 11 is 0. The lowest BCUT2D eigenvalue weighted by Gasteiger charge is -2.39. The van der Waals surface area contributed by atoms with Crippen LogP contribution in [0.15, 0.2) is 48.5 Å². The average molecular weight is 472 g/mol. The van der Waals surface area contributed by atoms with Gasteiger partial charge in [-0.05, 0) is 48.5 Å². The summed E-state index contributed by atoms with van der Waals surface area (Å²) in [6.45, 7) is 3.51. The second-order valence-electron chi connectivity index (χ2n) is 8.39. The number of halogens is 2. The highest BCUT2D eigenvalue weighted by Crippen LogP contribution is 2.18. The summed E-state index contributed by atoms with van der Waals surface area (Å²) in [4.78, 5) is 43.7. The molecule has 2 fully saturated rings. The lowest BCUT2D eigenvalue weighted by Crippen LogP contribution is -2.60. The van der Waals surface area contributed by atoms with Gasteiger partial charge in [0.15, 0.2) is 0 Å². The van der Waals surface area contributed by atoms with Gasteiger partial charge in [0.2, 0.25) is 17.7 Å². The fourth-order valence-corrected chi connectivity index (χ4v) is 4.24. The molecule has 10 heteroatoms. The normalized spacial score (nSPS) is 19.0. The van der Waals surface area contributed by atoms with Crippen molar-refractivity contribution < 1.29 is 23.2 Å². The van der Waals surface area contributed by atoms with Crippen molar-refractivity contribution in [1.82, 2.24) is 15.1 Å². The minimum atomic E-state index is -0.901. The van der Waals surface area contributed by atoms with Crippen LogP contribution >= 0.6 is 0 Å². The minimum Gasteiger partial charge on any atom is -0.369 e. The zero-order chi connectivity index (χ0) is 24.1. The van der Waals surface area contributed by atoms with Crippen LogP contribution in [0, 0.1) is 11.6 Å². The zero-order valence-corrected chi connectivity index (χ0v) is 18.7. The lowest BCUT2D eigenvalue weighted by molar-refractivity contribution is -0.145. The SMILES string of the molecule is O=C(CC1C(=O)NCCN1C(=O)CN1CCN(c2ccc(F)cc2)CC1)Nc1ccc(F)cc1. The molecule has 0 bridgehead atoms. The van der Waals surface area contributed by atoms with Crippen LogP contribution in [-0.4, -0.2) is 79.4 Å². The Hall–Kier alpha value is -3.53. The van der Waals surface area contributed by atoms with Gasteiger partial charge in [0.05, 0.1) is 13.0 Å². The van der Waals surface area contributed by atoms with E-state index in [2.05, 4.69) is 15.5 Å². The molecule has 0 aliphatic carbocycles. The summed E-state index contributed by atoms with van der Waals surface area (Å²) in [6, 6.07) is 10.8. The van der Waals surface area contributed by atoms with E-state index in [1.165, 1.54) is 41.3 Å². The predicted molar refractivity (Wildman–Crippen MR) is 123 cm³/mol. The van der Waals surface area contributed by atoms with Crippen LogP contribution in [0.25, 0.3) is 0 Å². The Morgan fingerprint density at radius 1 is 0.912 bits per heavy atom. The summed E-state index contributed by atoms with van der Waals surface area (Å²) in [5, 5.41) is 5.35. The van der Waals surface area contributed by atoms with E-state index in [-0.39, 0.29) is 30.6 Å². The molecule has 3 amide bonds. The Labute approximate surface area is 196 Å². The van der Waals surface area contributed by atoms with Crippen molar-refractivity contribution in [3.63, 3.8) is 0 Å². The van der Waals surface area contributed by atoms with Crippen LogP contribution in [0.4, 0.5) is 20.2 Å². The second-order valence-corrected chi connectivity index (χ2v) is 8.39. The number of nitrogens with one attached hydrogen (secondary N) is 2. The molecule has 2 N–H and O–H groups in total. The van der Waals surface area contributed by atoms with Gasteiger partial charge in [0.25, 0.3) is 0 Å². The third kappa shape index (κ3) is 5.88. The summed E-state index contributed by atoms with van der Waals surface area (Å²) in [5.41, 5.74) is 1.35. The van der Waals surface area contributed by atoms with E-state index in [0.717, 1.165) is 5.69 Å². The summed E-state index contributed by atoms with van der Waals surface area (Å²) in [6.07, 6.45) is -0.187. The monoisotopic (exact) mass is 471 g/mol. The van der Waals surface area contributed by atoms with Crippen LogP contribution in [-0.2, 0) is 14.4 Å². The molecule has 2 saturated heterocycles. The summed E-state index contributed by atoms with van der Waals surface area (Å²) in [7, 11) is 0. The molecule has 2 aromatic rings. The van der Waals surface area contributed by atoms with Crippen molar-refractivity contribution in [3.8, 4) is 0 Å². The number of hydrogen-bond acceptors (Lipinski definition) is 5. The quantitative estimate of drug-likeness (QED) is 0.666. The number of nitrogens with zero attached hydrogens (tertiary/aromatic N) is 3. The smallest absolute Gasteiger partial charge is 0.243 e. The Morgan fingerprint density at radius 3 is 2.18 bits per heavy atom. The van der Waals surface area contributed by atoms with Crippen molar-refractivity contribution >= 4 is 29.1 Å². The van der Waals surface area contributed by atoms with Gasteiger partial charge in [-0.2, -0.15) is 0 Å². The highest BCUT2D eigenvalue weighted by atomic mass is 19.1. The maximum atomic E-state index is 13.2. The molecule has 1 atom stereocenters. The van der Waals surface area contributed by atoms with Crippen molar-refractivity contribution in [1.29, 1.82) is 0 Å². The number of rotatable bonds is 6. The first-order chi connectivity index (χ1) is 16.4. The van der Waals surface area contributed by atoms with E-state index >= 15 is 0 Å². The van der Waals surface area contributed by atoms with Crippen LogP contribution in [0.2, 0.25) is 0 Å². The van der Waals surface area contributed by atoms with Gasteiger partial charge in [-0.3, -0.25) is 19.3 Å². The Balaban J connectivity index is 1.31. The molecule has 180 valence electrons. The second kappa shape index (κ2) is 10.6. The Kier molecular flexibility index (Phi) is 7.36. The number of carbonyl (C=O) groups excluding carboxylic acids is 3. The maximum Gasteiger partial charge on any atom is 0.243 e. The fraction of sp³-hybridized carbons (Fsp3) is 0.375. The van der Waals surface area contributed by atoms with Crippen molar-refractivity contribution in [2.45, 2.75) is 12.5 Å². The van der Waals surface area contributed by atoms with E-state index in [1.54, 1.807) is 12.1 Å². The van der Waals surface area contributed by atoms with Crippen molar-refractivity contribution in [2.75, 3.05) is 56.0 Å². The minimum absolute atomic E-state index is 0.153. The van der Waals surface area contributed by atoms with E-state index in [9.17, 15) is 23.2 Å². The molecule has 2 aromatic carbocycles. The van der Waals surface area contributed by atoms with Crippen LogP contribution in [0.5, 0.6) is 0 Å². The Morgan fingerprint density at radius 2 is 1.53 bits per heavy atom. The number of piperazine rings is 2. The topological polar surface area (TPSA) is 85.0 Å². The van der Waals surface area contributed by atoms with Gasteiger partial charge >= 0.3 is 0 Å². The molecule has 2 heterocycles. The van der Waals surface area contributed by atoms with Crippen molar-refractivity contribution in [3.05, 3.63) is 60.2 Å². The average Bonchev–Trinajstić information content (AvgIpc) is 2.83. The van der Waals surface area contributed by atoms with Gasteiger partial charge < -0.3 is 20.4 Å². The fourth-order valence-electron chi connectivity index (χ4n) is 4.24. The first-order valence-corrected chi connectivity index (χ1v) is 11.2. The van der Waals surface area contributed by atoms with E-state index in [0.29, 0.717) is 45.0 Å². The zero-order valence-electron chi connectivity index (χ0n) is 18.7. The van der Waals surface area contributed by atoms with E-state index < -0.39 is 17.8 Å². The first-order valence-electron chi connectivity index (χ1n) is 11.2. The molecule has 0 aromatic heterocycles. The highest BCUT2D eigenvalue weighted by molar-refractivity contribution is 5.97. The molecular weight excluding hydrogens is 444 g/mol. The van der Waals surface area contributed by atoms with Crippen molar-refractivity contribution in [2.24, 2.45) is 0 Å². The molecular formula is C24H27F2N5O3. The maximum absolute atomic E-state index is 13.2. The number of carbonyl (C=O) groups is 3. The van der Waals surface area contributed by atoms with Gasteiger partial charge in [0, 0.05) is 50.6 Å². The molecule has 0 saturated carbocycles. The number of anilines is 2. The van der Waals surface area contributed by atoms with E-state index in [1.807, 2.05) is 4.90 Å². The number of amides is 3. The van der Waals surface area contributed by atoms with Gasteiger partial charge in [-0.1, -0.05) is 0 Å². The standard InChI is InChI=1S/C24H27F2N5O3/c25-17-1-5-19(6-2-17)28-22(32)15-21-24(34)27-9-10-31(21)23(33)16-29-11-13-30(14-12-29)20-7-3-18(26)4-8-20/h1-8,21H,9-16H2,(H,27,34)(H,28,32). The van der Waals surface area contributed by atoms with E-state index in [4.69, 9.17) is 0 Å². The molecule has 8 nitrogen and oxygen atoms in total. The van der Waals surface area contributed by atoms with Gasteiger partial charge in [0.1, 0.15) is 17.7 Å². The predicted octanol–water partition coefficient (Wildman–Crippen LogP) is 1.44. The van der Waals surface area contributed by atoms with Crippen LogP contribution in [0.1, 0.15) is 6.42 Å². The molecule has 1 unspecified atom stereocenters. The molecule has 0 radical (unpaired) electrons. The summed E-state index contributed by atoms with van der Waals surface area (Å²) < 4.78 is 26.2. The van der Waals surface area contributed by atoms with Gasteiger partial charge in [-0.15, -0.1) is 0 Å². The Bertz CT molecular complexity index is 1020. The molecule has 4 rings (SSSR count). The first kappa shape index (κ1) is 23.6. The highest BCUT2D eigenvalue weighted by Gasteiger charge is 2.35. The van der Waals surface area contributed by atoms with Gasteiger partial charge in [-0.25, -0.2) is 8.78 Å². The molecule has 0 spiro atoms. The lowest BCUT2D eigenvalue weighted by atomic mass is 10.1. The van der Waals surface area contributed by atoms with Crippen LogP contribution in [0.3, 0.4) is 0 Å².